The summed E-state index contributed by atoms with van der Waals surface area (Å²) < 4.78 is 0. The van der Waals surface area contributed by atoms with Gasteiger partial charge in [0.15, 0.2) is 0 Å². The molecule has 0 aromatic heterocycles. The van der Waals surface area contributed by atoms with Crippen LogP contribution >= 0.6 is 0 Å². The zero-order chi connectivity index (χ0) is 25.9. The summed E-state index contributed by atoms with van der Waals surface area (Å²) in [6, 6.07) is 16.6. The number of hydrogen-bond donors (Lipinski definition) is 1. The topological polar surface area (TPSA) is 91.5 Å². The van der Waals surface area contributed by atoms with Crippen molar-refractivity contribution in [2.24, 2.45) is 33.2 Å². The Balaban J connectivity index is 1.78. The predicted octanol–water partition coefficient (Wildman–Crippen LogP) is 7.36. The third-order valence-electron chi connectivity index (χ3n) is 7.07. The highest BCUT2D eigenvalue weighted by Gasteiger charge is 2.25. The quantitative estimate of drug-likeness (QED) is 0.319. The molecule has 3 rings (SSSR count). The molecule has 0 radical (unpaired) electrons. The molecule has 1 N–H and O–H groups in total. The van der Waals surface area contributed by atoms with Crippen LogP contribution in [0.1, 0.15) is 76.8 Å². The molecular formula is C30H39N3O3. The minimum Gasteiger partial charge on any atom is -0.481 e. The van der Waals surface area contributed by atoms with Crippen LogP contribution < -0.4 is 0 Å². The number of nitrogens with zero attached hydrogens (tertiary/aromatic N) is 3. The fraction of sp³-hybridized carbons (Fsp3) is 0.500. The molecule has 0 saturated heterocycles. The van der Waals surface area contributed by atoms with E-state index in [0.717, 1.165) is 53.6 Å². The molecule has 2 aromatic rings. The first-order valence-corrected chi connectivity index (χ1v) is 13.3. The molecule has 0 amide bonds. The SMILES string of the molecule is CCCCC(=O)C(CCC(C(=O)O)C(C)C)Cc1ccc(-c2ccccc2C2=NN=NCCC2)cc1. The van der Waals surface area contributed by atoms with Crippen LogP contribution in [-0.2, 0) is 16.0 Å². The van der Waals surface area contributed by atoms with Gasteiger partial charge >= 0.3 is 5.97 Å². The van der Waals surface area contributed by atoms with Crippen LogP contribution in [0.25, 0.3) is 11.1 Å². The maximum atomic E-state index is 13.0. The second kappa shape index (κ2) is 13.8. The molecule has 0 spiro atoms. The first kappa shape index (κ1) is 27.4. The fourth-order valence-electron chi connectivity index (χ4n) is 4.83. The third kappa shape index (κ3) is 7.67. The van der Waals surface area contributed by atoms with E-state index in [9.17, 15) is 14.7 Å². The van der Waals surface area contributed by atoms with E-state index < -0.39 is 11.9 Å². The third-order valence-corrected chi connectivity index (χ3v) is 7.07. The van der Waals surface area contributed by atoms with E-state index in [1.165, 1.54) is 0 Å². The van der Waals surface area contributed by atoms with E-state index >= 15 is 0 Å². The van der Waals surface area contributed by atoms with Crippen molar-refractivity contribution in [2.45, 2.75) is 72.1 Å². The lowest BCUT2D eigenvalue weighted by Crippen LogP contribution is -2.24. The van der Waals surface area contributed by atoms with Gasteiger partial charge in [0, 0.05) is 17.9 Å². The standard InChI is InChI=1S/C30H39N3O3/c1-4-5-12-29(34)24(17-18-25(21(2)3)30(35)36)20-22-13-15-23(16-14-22)26-9-6-7-10-27(26)28-11-8-19-31-33-32-28/h6-7,9-10,13-16,21,24-25H,4-5,8,11-12,17-20H2,1-3H3,(H,35,36). The van der Waals surface area contributed by atoms with Crippen LogP contribution in [0, 0.1) is 17.8 Å². The number of hydrogen-bond acceptors (Lipinski definition) is 5. The van der Waals surface area contributed by atoms with E-state index in [4.69, 9.17) is 0 Å². The molecule has 192 valence electrons. The van der Waals surface area contributed by atoms with Crippen molar-refractivity contribution in [2.75, 3.05) is 6.54 Å². The summed E-state index contributed by atoms with van der Waals surface area (Å²) in [5, 5.41) is 21.9. The smallest absolute Gasteiger partial charge is 0.306 e. The molecule has 6 nitrogen and oxygen atoms in total. The molecule has 1 aliphatic rings. The van der Waals surface area contributed by atoms with Gasteiger partial charge in [-0.05, 0) is 66.4 Å². The zero-order valence-electron chi connectivity index (χ0n) is 21.8. The number of carbonyl (C=O) groups is 2. The first-order chi connectivity index (χ1) is 17.4. The lowest BCUT2D eigenvalue weighted by molar-refractivity contribution is -0.144. The Kier molecular flexibility index (Phi) is 10.5. The Hall–Kier alpha value is -3.15. The average Bonchev–Trinajstić information content (AvgIpc) is 3.16. The summed E-state index contributed by atoms with van der Waals surface area (Å²) in [4.78, 5) is 24.7. The zero-order valence-corrected chi connectivity index (χ0v) is 21.8. The molecule has 0 bridgehead atoms. The Bertz CT molecular complexity index is 1070. The molecule has 1 aliphatic heterocycles. The maximum Gasteiger partial charge on any atom is 0.306 e. The molecule has 6 heteroatoms. The van der Waals surface area contributed by atoms with E-state index in [-0.39, 0.29) is 17.6 Å². The lowest BCUT2D eigenvalue weighted by atomic mass is 9.83. The summed E-state index contributed by atoms with van der Waals surface area (Å²) in [6.45, 7) is 6.66. The van der Waals surface area contributed by atoms with Gasteiger partial charge in [-0.3, -0.25) is 9.59 Å². The predicted molar refractivity (Wildman–Crippen MR) is 144 cm³/mol. The second-order valence-corrected chi connectivity index (χ2v) is 10.1. The highest BCUT2D eigenvalue weighted by molar-refractivity contribution is 6.05. The van der Waals surface area contributed by atoms with E-state index in [0.29, 0.717) is 32.2 Å². The van der Waals surface area contributed by atoms with Gasteiger partial charge in [0.2, 0.25) is 0 Å². The van der Waals surface area contributed by atoms with Crippen LogP contribution in [0.3, 0.4) is 0 Å². The molecule has 2 aromatic carbocycles. The van der Waals surface area contributed by atoms with E-state index in [1.807, 2.05) is 26.0 Å². The Morgan fingerprint density at radius 2 is 1.72 bits per heavy atom. The number of unbranched alkanes of at least 4 members (excludes halogenated alkanes) is 1. The number of carbonyl (C=O) groups excluding carboxylic acids is 1. The van der Waals surface area contributed by atoms with Crippen LogP contribution in [0.5, 0.6) is 0 Å². The van der Waals surface area contributed by atoms with Crippen molar-refractivity contribution in [1.82, 2.24) is 0 Å². The van der Waals surface area contributed by atoms with E-state index in [1.54, 1.807) is 0 Å². The van der Waals surface area contributed by atoms with Crippen molar-refractivity contribution in [1.29, 1.82) is 0 Å². The van der Waals surface area contributed by atoms with Gasteiger partial charge in [-0.1, -0.05) is 75.7 Å². The molecule has 2 atom stereocenters. The summed E-state index contributed by atoms with van der Waals surface area (Å²) in [5.41, 5.74) is 5.33. The molecule has 0 aliphatic carbocycles. The lowest BCUT2D eigenvalue weighted by Gasteiger charge is -2.21. The Labute approximate surface area is 214 Å². The number of carboxylic acid groups (broad SMARTS) is 1. The normalized spacial score (nSPS) is 15.3. The average molecular weight is 490 g/mol. The minimum atomic E-state index is -0.771. The number of carboxylic acids is 1. The highest BCUT2D eigenvalue weighted by atomic mass is 16.4. The molecule has 0 saturated carbocycles. The number of Topliss-reactive ketones (excluding diaryl/α,β-unsaturated/α-hetero) is 1. The first-order valence-electron chi connectivity index (χ1n) is 13.3. The highest BCUT2D eigenvalue weighted by Crippen LogP contribution is 2.29. The van der Waals surface area contributed by atoms with E-state index in [2.05, 4.69) is 58.8 Å². The Morgan fingerprint density at radius 1 is 1.00 bits per heavy atom. The van der Waals surface area contributed by atoms with Gasteiger partial charge in [-0.25, -0.2) is 0 Å². The van der Waals surface area contributed by atoms with Crippen LogP contribution in [0.4, 0.5) is 0 Å². The second-order valence-electron chi connectivity index (χ2n) is 10.1. The number of ketones is 1. The van der Waals surface area contributed by atoms with Gasteiger partial charge < -0.3 is 5.11 Å². The number of aliphatic carboxylic acids is 1. The summed E-state index contributed by atoms with van der Waals surface area (Å²) >= 11 is 0. The summed E-state index contributed by atoms with van der Waals surface area (Å²) in [7, 11) is 0. The number of rotatable bonds is 13. The van der Waals surface area contributed by atoms with Gasteiger partial charge in [-0.15, -0.1) is 5.10 Å². The molecule has 0 fully saturated rings. The van der Waals surface area contributed by atoms with Crippen LogP contribution in [0.2, 0.25) is 0 Å². The molecule has 1 heterocycles. The molecule has 2 unspecified atom stereocenters. The van der Waals surface area contributed by atoms with Crippen molar-refractivity contribution < 1.29 is 14.7 Å². The van der Waals surface area contributed by atoms with Crippen molar-refractivity contribution in [3.63, 3.8) is 0 Å². The fourth-order valence-corrected chi connectivity index (χ4v) is 4.83. The van der Waals surface area contributed by atoms with Gasteiger partial charge in [-0.2, -0.15) is 5.11 Å². The minimum absolute atomic E-state index is 0.0489. The van der Waals surface area contributed by atoms with Crippen LogP contribution in [0.15, 0.2) is 64.0 Å². The van der Waals surface area contributed by atoms with Crippen molar-refractivity contribution in [3.05, 3.63) is 59.7 Å². The summed E-state index contributed by atoms with van der Waals surface area (Å²) in [5.74, 6) is -1.04. The van der Waals surface area contributed by atoms with Gasteiger partial charge in [0.05, 0.1) is 18.2 Å². The molecule has 36 heavy (non-hydrogen) atoms. The Morgan fingerprint density at radius 3 is 2.39 bits per heavy atom. The monoisotopic (exact) mass is 489 g/mol. The van der Waals surface area contributed by atoms with Gasteiger partial charge in [0.25, 0.3) is 0 Å². The van der Waals surface area contributed by atoms with Crippen molar-refractivity contribution >= 4 is 17.5 Å². The summed E-state index contributed by atoms with van der Waals surface area (Å²) in [6.07, 6.45) is 5.97. The van der Waals surface area contributed by atoms with Crippen LogP contribution in [-0.4, -0.2) is 29.1 Å². The maximum absolute atomic E-state index is 13.0. The largest absolute Gasteiger partial charge is 0.481 e. The number of benzene rings is 2. The molecular weight excluding hydrogens is 450 g/mol. The van der Waals surface area contributed by atoms with Crippen molar-refractivity contribution in [3.8, 4) is 11.1 Å². The van der Waals surface area contributed by atoms with Gasteiger partial charge in [0.1, 0.15) is 5.78 Å².